The highest BCUT2D eigenvalue weighted by atomic mass is 16.4. The number of carboxylic acids is 1. The maximum Gasteiger partial charge on any atom is 0.325 e. The minimum absolute atomic E-state index is 0.0497. The monoisotopic (exact) mass is 449 g/mol. The van der Waals surface area contributed by atoms with Crippen molar-refractivity contribution in [2.75, 3.05) is 38.0 Å². The van der Waals surface area contributed by atoms with Crippen LogP contribution in [0.2, 0.25) is 0 Å². The number of carbonyl (C=O) groups is 2. The Morgan fingerprint density at radius 2 is 1.85 bits per heavy atom. The van der Waals surface area contributed by atoms with Crippen LogP contribution in [0.1, 0.15) is 31.0 Å². The van der Waals surface area contributed by atoms with Crippen LogP contribution >= 0.6 is 0 Å². The highest BCUT2D eigenvalue weighted by molar-refractivity contribution is 5.96. The predicted molar refractivity (Wildman–Crippen MR) is 128 cm³/mol. The first-order valence-electron chi connectivity index (χ1n) is 11.4. The maximum atomic E-state index is 12.3. The van der Waals surface area contributed by atoms with Gasteiger partial charge < -0.3 is 20.3 Å². The summed E-state index contributed by atoms with van der Waals surface area (Å²) in [5.41, 5.74) is 3.53. The largest absolute Gasteiger partial charge is 0.480 e. The summed E-state index contributed by atoms with van der Waals surface area (Å²) in [7, 11) is 0. The van der Waals surface area contributed by atoms with Crippen LogP contribution in [0.4, 0.5) is 5.69 Å². The number of piperazine rings is 1. The first-order chi connectivity index (χ1) is 15.9. The number of fused-ring (bicyclic) bond motifs is 1. The summed E-state index contributed by atoms with van der Waals surface area (Å²) < 4.78 is 0. The Kier molecular flexibility index (Phi) is 7.05. The fourth-order valence-corrected chi connectivity index (χ4v) is 4.31. The summed E-state index contributed by atoms with van der Waals surface area (Å²) in [6.07, 6.45) is 6.37. The number of H-pyrrole nitrogens is 1. The molecule has 1 aliphatic rings. The average molecular weight is 450 g/mol. The molecule has 0 radical (unpaired) electrons. The van der Waals surface area contributed by atoms with Gasteiger partial charge in [-0.3, -0.25) is 19.5 Å². The number of aliphatic carboxylic acids is 1. The number of benzene rings is 1. The smallest absolute Gasteiger partial charge is 0.325 e. The van der Waals surface area contributed by atoms with Gasteiger partial charge in [0.2, 0.25) is 5.91 Å². The molecule has 1 unspecified atom stereocenters. The Hall–Kier alpha value is -3.23. The van der Waals surface area contributed by atoms with Crippen LogP contribution in [-0.2, 0) is 16.0 Å². The number of carboxylic acid groups (broad SMARTS) is 1. The zero-order chi connectivity index (χ0) is 23.4. The topological polar surface area (TPSA) is 102 Å². The summed E-state index contributed by atoms with van der Waals surface area (Å²) in [5, 5.41) is 13.8. The molecule has 0 spiro atoms. The lowest BCUT2D eigenvalue weighted by atomic mass is 10.0. The van der Waals surface area contributed by atoms with Gasteiger partial charge in [-0.15, -0.1) is 0 Å². The average Bonchev–Trinajstić information content (AvgIpc) is 3.22. The molecule has 8 nitrogen and oxygen atoms in total. The Labute approximate surface area is 193 Å². The van der Waals surface area contributed by atoms with Gasteiger partial charge in [0.25, 0.3) is 0 Å². The first-order valence-corrected chi connectivity index (χ1v) is 11.4. The van der Waals surface area contributed by atoms with E-state index in [1.807, 2.05) is 61.5 Å². The van der Waals surface area contributed by atoms with Crippen LogP contribution in [0.3, 0.4) is 0 Å². The van der Waals surface area contributed by atoms with Gasteiger partial charge in [-0.05, 0) is 36.2 Å². The lowest BCUT2D eigenvalue weighted by Crippen LogP contribution is -2.49. The highest BCUT2D eigenvalue weighted by Gasteiger charge is 2.32. The van der Waals surface area contributed by atoms with Crippen molar-refractivity contribution < 1.29 is 14.7 Å². The van der Waals surface area contributed by atoms with Crippen LogP contribution in [0, 0.1) is 5.92 Å². The zero-order valence-corrected chi connectivity index (χ0v) is 19.1. The van der Waals surface area contributed by atoms with E-state index >= 15 is 0 Å². The normalized spacial score (nSPS) is 16.2. The number of amides is 1. The number of aromatic amines is 1. The van der Waals surface area contributed by atoms with Gasteiger partial charge in [0.05, 0.1) is 0 Å². The molecule has 8 heteroatoms. The molecule has 174 valence electrons. The molecule has 0 aliphatic carbocycles. The van der Waals surface area contributed by atoms with E-state index in [2.05, 4.69) is 20.2 Å². The van der Waals surface area contributed by atoms with E-state index in [1.165, 1.54) is 5.56 Å². The van der Waals surface area contributed by atoms with Crippen LogP contribution in [0.15, 0.2) is 48.9 Å². The van der Waals surface area contributed by atoms with E-state index in [-0.39, 0.29) is 11.8 Å². The van der Waals surface area contributed by atoms with Crippen molar-refractivity contribution in [1.29, 1.82) is 0 Å². The summed E-state index contributed by atoms with van der Waals surface area (Å²) in [6, 6.07) is 8.93. The van der Waals surface area contributed by atoms with Gasteiger partial charge in [-0.25, -0.2) is 0 Å². The van der Waals surface area contributed by atoms with E-state index in [4.69, 9.17) is 0 Å². The second-order valence-electron chi connectivity index (χ2n) is 8.87. The third-order valence-electron chi connectivity index (χ3n) is 6.27. The molecule has 0 bridgehead atoms. The van der Waals surface area contributed by atoms with E-state index in [1.54, 1.807) is 6.20 Å². The third kappa shape index (κ3) is 5.40. The molecular weight excluding hydrogens is 418 g/mol. The van der Waals surface area contributed by atoms with Crippen LogP contribution in [0.5, 0.6) is 0 Å². The van der Waals surface area contributed by atoms with E-state index < -0.39 is 12.0 Å². The molecule has 1 saturated heterocycles. The number of rotatable bonds is 8. The van der Waals surface area contributed by atoms with Crippen molar-refractivity contribution in [3.05, 3.63) is 60.0 Å². The number of nitrogens with one attached hydrogen (secondary N) is 2. The van der Waals surface area contributed by atoms with E-state index in [9.17, 15) is 14.7 Å². The van der Waals surface area contributed by atoms with Crippen molar-refractivity contribution >= 4 is 28.5 Å². The Balaban J connectivity index is 1.43. The molecule has 3 heterocycles. The highest BCUT2D eigenvalue weighted by Crippen LogP contribution is 2.31. The quantitative estimate of drug-likeness (QED) is 0.488. The molecule has 1 amide bonds. The minimum atomic E-state index is -0.849. The number of hydrogen-bond acceptors (Lipinski definition) is 5. The van der Waals surface area contributed by atoms with Crippen LogP contribution in [-0.4, -0.2) is 69.5 Å². The van der Waals surface area contributed by atoms with Crippen molar-refractivity contribution in [1.82, 2.24) is 19.8 Å². The van der Waals surface area contributed by atoms with Crippen LogP contribution < -0.4 is 5.32 Å². The van der Waals surface area contributed by atoms with Crippen LogP contribution in [0.25, 0.3) is 10.9 Å². The fraction of sp³-hybridized carbons (Fsp3) is 0.400. The molecule has 4 rings (SSSR count). The lowest BCUT2D eigenvalue weighted by molar-refractivity contribution is -0.144. The fourth-order valence-electron chi connectivity index (χ4n) is 4.31. The van der Waals surface area contributed by atoms with Gasteiger partial charge in [0.1, 0.15) is 6.04 Å². The Morgan fingerprint density at radius 3 is 2.52 bits per heavy atom. The van der Waals surface area contributed by atoms with Crippen molar-refractivity contribution in [3.63, 3.8) is 0 Å². The number of aromatic nitrogens is 2. The SMILES string of the molecule is CC(C)C(=O)Nc1ccc2c(C(C(=O)O)N3CCN(CCc4ccncc4)CC3)c[nH]c2c1. The summed E-state index contributed by atoms with van der Waals surface area (Å²) >= 11 is 0. The van der Waals surface area contributed by atoms with E-state index in [0.29, 0.717) is 18.8 Å². The van der Waals surface area contributed by atoms with Gasteiger partial charge in [0.15, 0.2) is 0 Å². The zero-order valence-electron chi connectivity index (χ0n) is 19.1. The second-order valence-corrected chi connectivity index (χ2v) is 8.87. The standard InChI is InChI=1S/C25H31N5O3/c1-17(2)24(31)28-19-3-4-20-21(16-27-22(20)15-19)23(25(32)33)30-13-11-29(12-14-30)10-7-18-5-8-26-9-6-18/h3-6,8-9,15-17,23,27H,7,10-14H2,1-2H3,(H,28,31)(H,32,33). The third-order valence-corrected chi connectivity index (χ3v) is 6.27. The molecule has 3 aromatic rings. The maximum absolute atomic E-state index is 12.3. The summed E-state index contributed by atoms with van der Waals surface area (Å²) in [6.45, 7) is 7.71. The molecule has 1 atom stereocenters. The molecule has 1 aromatic carbocycles. The van der Waals surface area contributed by atoms with Gasteiger partial charge >= 0.3 is 5.97 Å². The van der Waals surface area contributed by atoms with Gasteiger partial charge in [-0.1, -0.05) is 19.9 Å². The number of pyridine rings is 1. The molecular formula is C25H31N5O3. The molecule has 3 N–H and O–H groups in total. The lowest BCUT2D eigenvalue weighted by Gasteiger charge is -2.37. The van der Waals surface area contributed by atoms with Crippen molar-refractivity contribution in [3.8, 4) is 0 Å². The first kappa shape index (κ1) is 22.9. The van der Waals surface area contributed by atoms with Gasteiger partial charge in [-0.2, -0.15) is 0 Å². The molecule has 0 saturated carbocycles. The van der Waals surface area contributed by atoms with E-state index in [0.717, 1.165) is 42.5 Å². The molecule has 33 heavy (non-hydrogen) atoms. The number of anilines is 1. The number of nitrogens with zero attached hydrogens (tertiary/aromatic N) is 3. The van der Waals surface area contributed by atoms with Crippen molar-refractivity contribution in [2.24, 2.45) is 5.92 Å². The molecule has 1 aliphatic heterocycles. The minimum Gasteiger partial charge on any atom is -0.480 e. The molecule has 1 fully saturated rings. The van der Waals surface area contributed by atoms with Gasteiger partial charge in [0, 0.05) is 79.4 Å². The predicted octanol–water partition coefficient (Wildman–Crippen LogP) is 3.14. The number of carbonyl (C=O) groups excluding carboxylic acids is 1. The van der Waals surface area contributed by atoms with Crippen molar-refractivity contribution in [2.45, 2.75) is 26.3 Å². The summed E-state index contributed by atoms with van der Waals surface area (Å²) in [5.74, 6) is -1.01. The Bertz CT molecular complexity index is 1100. The summed E-state index contributed by atoms with van der Waals surface area (Å²) in [4.78, 5) is 36.0. The number of hydrogen-bond donors (Lipinski definition) is 3. The Morgan fingerprint density at radius 1 is 1.12 bits per heavy atom. The molecule has 2 aromatic heterocycles. The second kappa shape index (κ2) is 10.1.